The summed E-state index contributed by atoms with van der Waals surface area (Å²) in [6.45, 7) is 1.96. The molecule has 0 saturated carbocycles. The van der Waals surface area contributed by atoms with E-state index in [4.69, 9.17) is 4.42 Å². The second kappa shape index (κ2) is 5.27. The molecule has 102 valence electrons. The molecule has 0 saturated heterocycles. The number of carbonyl (C=O) groups is 1. The van der Waals surface area contributed by atoms with Crippen molar-refractivity contribution >= 4 is 5.97 Å². The van der Waals surface area contributed by atoms with E-state index in [1.165, 1.54) is 13.2 Å². The highest BCUT2D eigenvalue weighted by atomic mass is 16.5. The summed E-state index contributed by atoms with van der Waals surface area (Å²) in [7, 11) is 3.06. The van der Waals surface area contributed by atoms with Crippen LogP contribution in [0.15, 0.2) is 22.7 Å². The maximum absolute atomic E-state index is 11.3. The zero-order valence-corrected chi connectivity index (χ0v) is 11.1. The molecule has 0 aliphatic carbocycles. The molecule has 0 fully saturated rings. The third-order valence-corrected chi connectivity index (χ3v) is 2.85. The van der Waals surface area contributed by atoms with Gasteiger partial charge in [-0.15, -0.1) is 0 Å². The molecule has 1 N–H and O–H groups in total. The van der Waals surface area contributed by atoms with Gasteiger partial charge in [-0.05, 0) is 18.6 Å². The van der Waals surface area contributed by atoms with E-state index < -0.39 is 12.1 Å². The van der Waals surface area contributed by atoms with Gasteiger partial charge in [0.2, 0.25) is 5.76 Å². The average Bonchev–Trinajstić information content (AvgIpc) is 3.03. The molecule has 2 aromatic rings. The molecule has 2 aromatic heterocycles. The maximum Gasteiger partial charge on any atom is 0.373 e. The fraction of sp³-hybridized carbons (Fsp3) is 0.385. The predicted octanol–water partition coefficient (Wildman–Crippen LogP) is 1.44. The molecule has 2 heterocycles. The molecule has 6 heteroatoms. The third kappa shape index (κ3) is 2.53. The average molecular weight is 264 g/mol. The Labute approximate surface area is 110 Å². The van der Waals surface area contributed by atoms with Gasteiger partial charge in [0, 0.05) is 18.8 Å². The van der Waals surface area contributed by atoms with Crippen LogP contribution >= 0.6 is 0 Å². The minimum atomic E-state index is -0.943. The Balaban J connectivity index is 2.30. The van der Waals surface area contributed by atoms with Crippen LogP contribution in [-0.4, -0.2) is 28.0 Å². The topological polar surface area (TPSA) is 77.5 Å². The molecule has 0 aliphatic heterocycles. The molecule has 1 atom stereocenters. The molecule has 0 aliphatic rings. The number of furan rings is 1. The highest BCUT2D eigenvalue weighted by Crippen LogP contribution is 2.26. The van der Waals surface area contributed by atoms with Crippen molar-refractivity contribution in [2.24, 2.45) is 7.05 Å². The van der Waals surface area contributed by atoms with Crippen molar-refractivity contribution in [2.75, 3.05) is 7.11 Å². The summed E-state index contributed by atoms with van der Waals surface area (Å²) in [5.74, 6) is -0.207. The number of aliphatic hydroxyl groups is 1. The Bertz CT molecular complexity index is 585. The lowest BCUT2D eigenvalue weighted by Gasteiger charge is -2.06. The third-order valence-electron chi connectivity index (χ3n) is 2.85. The monoisotopic (exact) mass is 264 g/mol. The van der Waals surface area contributed by atoms with Gasteiger partial charge in [-0.2, -0.15) is 5.10 Å². The zero-order chi connectivity index (χ0) is 14.0. The Morgan fingerprint density at radius 3 is 2.95 bits per heavy atom. The van der Waals surface area contributed by atoms with Crippen LogP contribution in [0.25, 0.3) is 0 Å². The second-order valence-electron chi connectivity index (χ2n) is 4.15. The van der Waals surface area contributed by atoms with E-state index in [0.29, 0.717) is 17.7 Å². The Morgan fingerprint density at radius 1 is 1.58 bits per heavy atom. The summed E-state index contributed by atoms with van der Waals surface area (Å²) in [5.41, 5.74) is 1.47. The normalized spacial score (nSPS) is 12.4. The smallest absolute Gasteiger partial charge is 0.373 e. The number of rotatable bonds is 4. The van der Waals surface area contributed by atoms with Gasteiger partial charge in [0.25, 0.3) is 0 Å². The number of methoxy groups -OCH3 is 1. The Kier molecular flexibility index (Phi) is 3.71. The summed E-state index contributed by atoms with van der Waals surface area (Å²) in [4.78, 5) is 11.3. The fourth-order valence-corrected chi connectivity index (χ4v) is 1.92. The number of hydrogen-bond acceptors (Lipinski definition) is 5. The molecular weight excluding hydrogens is 248 g/mol. The van der Waals surface area contributed by atoms with Crippen LogP contribution in [0.1, 0.15) is 40.6 Å². The highest BCUT2D eigenvalue weighted by Gasteiger charge is 2.22. The minimum absolute atomic E-state index is 0.0680. The van der Waals surface area contributed by atoms with Crippen molar-refractivity contribution < 1.29 is 19.1 Å². The van der Waals surface area contributed by atoms with Gasteiger partial charge in [0.1, 0.15) is 11.9 Å². The van der Waals surface area contributed by atoms with Gasteiger partial charge in [0.15, 0.2) is 0 Å². The lowest BCUT2D eigenvalue weighted by Crippen LogP contribution is -2.01. The first-order valence-electron chi connectivity index (χ1n) is 5.95. The van der Waals surface area contributed by atoms with Crippen LogP contribution in [0.4, 0.5) is 0 Å². The van der Waals surface area contributed by atoms with Gasteiger partial charge in [-0.25, -0.2) is 4.79 Å². The van der Waals surface area contributed by atoms with Crippen molar-refractivity contribution in [1.29, 1.82) is 0 Å². The molecule has 6 nitrogen and oxygen atoms in total. The van der Waals surface area contributed by atoms with Crippen LogP contribution in [0.2, 0.25) is 0 Å². The van der Waals surface area contributed by atoms with E-state index >= 15 is 0 Å². The SMILES string of the molecule is CCc1nn(C)cc1C(O)c1ccc(C(=O)OC)o1. The van der Waals surface area contributed by atoms with E-state index in [-0.39, 0.29) is 5.76 Å². The first kappa shape index (κ1) is 13.4. The number of nitrogens with zero attached hydrogens (tertiary/aromatic N) is 2. The maximum atomic E-state index is 11.3. The number of carbonyl (C=O) groups excluding carboxylic acids is 1. The van der Waals surface area contributed by atoms with Gasteiger partial charge in [-0.3, -0.25) is 4.68 Å². The molecule has 0 radical (unpaired) electrons. The number of aryl methyl sites for hydroxylation is 2. The molecule has 0 amide bonds. The number of hydrogen-bond donors (Lipinski definition) is 1. The van der Waals surface area contributed by atoms with Gasteiger partial charge < -0.3 is 14.3 Å². The van der Waals surface area contributed by atoms with E-state index in [0.717, 1.165) is 5.69 Å². The quantitative estimate of drug-likeness (QED) is 0.845. The van der Waals surface area contributed by atoms with Gasteiger partial charge in [-0.1, -0.05) is 6.92 Å². The molecule has 0 bridgehead atoms. The van der Waals surface area contributed by atoms with Crippen molar-refractivity contribution in [2.45, 2.75) is 19.4 Å². The van der Waals surface area contributed by atoms with Crippen LogP contribution in [0.3, 0.4) is 0 Å². The van der Waals surface area contributed by atoms with Crippen molar-refractivity contribution in [1.82, 2.24) is 9.78 Å². The largest absolute Gasteiger partial charge is 0.463 e. The minimum Gasteiger partial charge on any atom is -0.463 e. The van der Waals surface area contributed by atoms with Crippen LogP contribution < -0.4 is 0 Å². The van der Waals surface area contributed by atoms with Gasteiger partial charge >= 0.3 is 5.97 Å². The summed E-state index contributed by atoms with van der Waals surface area (Å²) in [6.07, 6.45) is 1.50. The van der Waals surface area contributed by atoms with E-state index in [1.807, 2.05) is 6.92 Å². The first-order chi connectivity index (χ1) is 9.06. The zero-order valence-electron chi connectivity index (χ0n) is 11.1. The van der Waals surface area contributed by atoms with Crippen LogP contribution in [0.5, 0.6) is 0 Å². The van der Waals surface area contributed by atoms with E-state index in [1.54, 1.807) is 24.0 Å². The fourth-order valence-electron chi connectivity index (χ4n) is 1.92. The van der Waals surface area contributed by atoms with E-state index in [2.05, 4.69) is 9.84 Å². The lowest BCUT2D eigenvalue weighted by molar-refractivity contribution is 0.0558. The molecule has 1 unspecified atom stereocenters. The number of aliphatic hydroxyl groups excluding tert-OH is 1. The number of aromatic nitrogens is 2. The molecule has 0 aromatic carbocycles. The summed E-state index contributed by atoms with van der Waals surface area (Å²) < 4.78 is 11.5. The van der Waals surface area contributed by atoms with Crippen molar-refractivity contribution in [3.63, 3.8) is 0 Å². The molecule has 0 spiro atoms. The standard InChI is InChI=1S/C13H16N2O4/c1-4-9-8(7-15(2)14-9)12(16)10-5-6-11(19-10)13(17)18-3/h5-7,12,16H,4H2,1-3H3. The summed E-state index contributed by atoms with van der Waals surface area (Å²) >= 11 is 0. The summed E-state index contributed by atoms with van der Waals surface area (Å²) in [5, 5.41) is 14.5. The van der Waals surface area contributed by atoms with E-state index in [9.17, 15) is 9.90 Å². The highest BCUT2D eigenvalue weighted by molar-refractivity contribution is 5.86. The number of ether oxygens (including phenoxy) is 1. The molecule has 2 rings (SSSR count). The van der Waals surface area contributed by atoms with Gasteiger partial charge in [0.05, 0.1) is 12.8 Å². The Morgan fingerprint density at radius 2 is 2.32 bits per heavy atom. The van der Waals surface area contributed by atoms with Crippen LogP contribution in [-0.2, 0) is 18.2 Å². The lowest BCUT2D eigenvalue weighted by atomic mass is 10.1. The van der Waals surface area contributed by atoms with Crippen molar-refractivity contribution in [3.05, 3.63) is 41.1 Å². The Hall–Kier alpha value is -2.08. The first-order valence-corrected chi connectivity index (χ1v) is 5.95. The summed E-state index contributed by atoms with van der Waals surface area (Å²) in [6, 6.07) is 3.04. The van der Waals surface area contributed by atoms with Crippen molar-refractivity contribution in [3.8, 4) is 0 Å². The molecular formula is C13H16N2O4. The molecule has 19 heavy (non-hydrogen) atoms. The number of esters is 1. The second-order valence-corrected chi connectivity index (χ2v) is 4.15. The predicted molar refractivity (Wildman–Crippen MR) is 66.7 cm³/mol. The van der Waals surface area contributed by atoms with Crippen LogP contribution in [0, 0.1) is 0 Å².